The first-order valence-electron chi connectivity index (χ1n) is 10.0. The molecule has 0 fully saturated rings. The van der Waals surface area contributed by atoms with Gasteiger partial charge in [-0.3, -0.25) is 0 Å². The van der Waals surface area contributed by atoms with Gasteiger partial charge in [0.1, 0.15) is 16.8 Å². The summed E-state index contributed by atoms with van der Waals surface area (Å²) in [7, 11) is 1.51. The molecule has 0 aliphatic heterocycles. The number of methoxy groups -OCH3 is 1. The van der Waals surface area contributed by atoms with Crippen molar-refractivity contribution in [2.45, 2.75) is 13.5 Å². The van der Waals surface area contributed by atoms with Gasteiger partial charge in [0, 0.05) is 16.0 Å². The molecule has 162 valence electrons. The number of aromatic hydroxyl groups is 1. The van der Waals surface area contributed by atoms with Crippen LogP contribution < -0.4 is 9.47 Å². The highest BCUT2D eigenvalue weighted by Crippen LogP contribution is 2.44. The van der Waals surface area contributed by atoms with Crippen LogP contribution in [0.2, 0.25) is 0 Å². The lowest BCUT2D eigenvalue weighted by atomic mass is 10.1. The zero-order chi connectivity index (χ0) is 22.5. The maximum atomic E-state index is 9.94. The molecule has 0 amide bonds. The molecule has 0 unspecified atom stereocenters. The molecule has 4 rings (SSSR count). The monoisotopic (exact) mass is 446 g/mol. The van der Waals surface area contributed by atoms with E-state index in [-0.39, 0.29) is 5.75 Å². The van der Waals surface area contributed by atoms with E-state index in [9.17, 15) is 5.11 Å². The Kier molecular flexibility index (Phi) is 6.42. The summed E-state index contributed by atoms with van der Waals surface area (Å²) in [5.41, 5.74) is 3.47. The van der Waals surface area contributed by atoms with Gasteiger partial charge in [-0.25, -0.2) is 9.97 Å². The number of phenolic OH excluding ortho intramolecular Hbond substituents is 1. The van der Waals surface area contributed by atoms with Crippen LogP contribution >= 0.6 is 11.3 Å². The first kappa shape index (κ1) is 21.5. The molecule has 7 nitrogen and oxygen atoms in total. The van der Waals surface area contributed by atoms with Crippen LogP contribution in [0.5, 0.6) is 17.2 Å². The number of para-hydroxylation sites is 1. The van der Waals surface area contributed by atoms with Crippen LogP contribution in [0.25, 0.3) is 26.7 Å². The molecule has 2 aromatic heterocycles. The third-order valence-corrected chi connectivity index (χ3v) is 6.01. The van der Waals surface area contributed by atoms with Crippen molar-refractivity contribution < 1.29 is 14.6 Å². The predicted octanol–water partition coefficient (Wildman–Crippen LogP) is 6.40. The number of nitrogens with zero attached hydrogens (tertiary/aromatic N) is 4. The number of aromatic nitrogens is 2. The summed E-state index contributed by atoms with van der Waals surface area (Å²) < 4.78 is 11.7. The largest absolute Gasteiger partial charge is 0.504 e. The lowest BCUT2D eigenvalue weighted by Gasteiger charge is -2.09. The van der Waals surface area contributed by atoms with Crippen LogP contribution in [0.1, 0.15) is 18.1 Å². The second-order valence-electron chi connectivity index (χ2n) is 6.76. The number of fused-ring (bicyclic) bond motifs is 1. The van der Waals surface area contributed by atoms with Gasteiger partial charge in [0.05, 0.1) is 25.8 Å². The standard InChI is InChI=1S/C24H22N4O3S/c1-4-16-21-23(32-22(16)17-8-6-7-9-19(17)31-5-2)24(26-14-25-21)28-27-13-15-10-11-20(30-3)18(29)12-15/h4,6-12,14,29H,1,5,13H2,2-3H3. The minimum atomic E-state index is 0.0658. The molecule has 0 atom stereocenters. The first-order chi connectivity index (χ1) is 15.7. The second-order valence-corrected chi connectivity index (χ2v) is 7.78. The number of rotatable bonds is 8. The lowest BCUT2D eigenvalue weighted by Crippen LogP contribution is -1.93. The van der Waals surface area contributed by atoms with Gasteiger partial charge >= 0.3 is 0 Å². The summed E-state index contributed by atoms with van der Waals surface area (Å²) in [4.78, 5) is 9.79. The molecule has 1 N–H and O–H groups in total. The molecule has 2 aromatic carbocycles. The van der Waals surface area contributed by atoms with Gasteiger partial charge in [-0.05, 0) is 36.8 Å². The van der Waals surface area contributed by atoms with Gasteiger partial charge in [0.15, 0.2) is 17.3 Å². The van der Waals surface area contributed by atoms with E-state index in [1.165, 1.54) is 24.8 Å². The quantitative estimate of drug-likeness (QED) is 0.316. The second kappa shape index (κ2) is 9.57. The van der Waals surface area contributed by atoms with E-state index in [1.807, 2.05) is 37.3 Å². The molecule has 32 heavy (non-hydrogen) atoms. The van der Waals surface area contributed by atoms with Crippen molar-refractivity contribution in [3.05, 3.63) is 66.5 Å². The normalized spacial score (nSPS) is 11.2. The Morgan fingerprint density at radius 3 is 2.75 bits per heavy atom. The lowest BCUT2D eigenvalue weighted by molar-refractivity contribution is 0.341. The van der Waals surface area contributed by atoms with Crippen LogP contribution in [-0.2, 0) is 6.54 Å². The molecule has 0 aliphatic rings. The Balaban J connectivity index is 1.71. The Labute approximate surface area is 189 Å². The molecular formula is C24H22N4O3S. The highest BCUT2D eigenvalue weighted by atomic mass is 32.1. The Morgan fingerprint density at radius 1 is 1.16 bits per heavy atom. The third kappa shape index (κ3) is 4.17. The van der Waals surface area contributed by atoms with E-state index in [2.05, 4.69) is 26.8 Å². The summed E-state index contributed by atoms with van der Waals surface area (Å²) >= 11 is 1.54. The maximum absolute atomic E-state index is 9.94. The van der Waals surface area contributed by atoms with Crippen molar-refractivity contribution in [3.8, 4) is 27.7 Å². The predicted molar refractivity (Wildman–Crippen MR) is 127 cm³/mol. The zero-order valence-electron chi connectivity index (χ0n) is 17.8. The van der Waals surface area contributed by atoms with Crippen molar-refractivity contribution >= 4 is 33.4 Å². The molecule has 8 heteroatoms. The van der Waals surface area contributed by atoms with Crippen molar-refractivity contribution in [3.63, 3.8) is 0 Å². The summed E-state index contributed by atoms with van der Waals surface area (Å²) in [6, 6.07) is 13.0. The van der Waals surface area contributed by atoms with Crippen LogP contribution in [0.3, 0.4) is 0 Å². The van der Waals surface area contributed by atoms with Crippen molar-refractivity contribution in [1.82, 2.24) is 9.97 Å². The average molecular weight is 447 g/mol. The Hall–Kier alpha value is -3.78. The van der Waals surface area contributed by atoms with Gasteiger partial charge in [0.25, 0.3) is 0 Å². The van der Waals surface area contributed by atoms with E-state index in [4.69, 9.17) is 9.47 Å². The number of hydrogen-bond donors (Lipinski definition) is 1. The van der Waals surface area contributed by atoms with E-state index in [0.29, 0.717) is 24.7 Å². The van der Waals surface area contributed by atoms with Crippen LogP contribution in [0.4, 0.5) is 5.82 Å². The van der Waals surface area contributed by atoms with Gasteiger partial charge in [-0.15, -0.1) is 16.5 Å². The number of azo groups is 1. The minimum Gasteiger partial charge on any atom is -0.504 e. The topological polar surface area (TPSA) is 89.2 Å². The molecule has 4 aromatic rings. The van der Waals surface area contributed by atoms with Gasteiger partial charge in [-0.2, -0.15) is 5.11 Å². The highest BCUT2D eigenvalue weighted by Gasteiger charge is 2.18. The Morgan fingerprint density at radius 2 is 2.00 bits per heavy atom. The van der Waals surface area contributed by atoms with Crippen molar-refractivity contribution in [1.29, 1.82) is 0 Å². The van der Waals surface area contributed by atoms with Crippen LogP contribution in [0, 0.1) is 0 Å². The molecular weight excluding hydrogens is 424 g/mol. The Bertz CT molecular complexity index is 1300. The third-order valence-electron chi connectivity index (χ3n) is 4.79. The number of hydrogen-bond acceptors (Lipinski definition) is 8. The van der Waals surface area contributed by atoms with Gasteiger partial charge in [0.2, 0.25) is 0 Å². The summed E-state index contributed by atoms with van der Waals surface area (Å²) in [5, 5.41) is 18.6. The molecule has 2 heterocycles. The van der Waals surface area contributed by atoms with E-state index in [0.717, 1.165) is 37.5 Å². The number of ether oxygens (including phenoxy) is 2. The molecule has 0 saturated carbocycles. The number of phenols is 1. The summed E-state index contributed by atoms with van der Waals surface area (Å²) in [5.74, 6) is 1.77. The average Bonchev–Trinajstić information content (AvgIpc) is 3.19. The SMILES string of the molecule is C=Cc1c(-c2ccccc2OCC)sc2c(N=NCc3ccc(OC)c(O)c3)ncnc12. The number of thiophene rings is 1. The van der Waals surface area contributed by atoms with Crippen molar-refractivity contribution in [2.75, 3.05) is 13.7 Å². The molecule has 0 spiro atoms. The highest BCUT2D eigenvalue weighted by molar-refractivity contribution is 7.23. The maximum Gasteiger partial charge on any atom is 0.195 e. The minimum absolute atomic E-state index is 0.0658. The van der Waals surface area contributed by atoms with E-state index < -0.39 is 0 Å². The first-order valence-corrected chi connectivity index (χ1v) is 10.8. The molecule has 0 bridgehead atoms. The molecule has 0 saturated heterocycles. The fourth-order valence-electron chi connectivity index (χ4n) is 3.33. The summed E-state index contributed by atoms with van der Waals surface area (Å²) in [6.45, 7) is 6.82. The smallest absolute Gasteiger partial charge is 0.195 e. The van der Waals surface area contributed by atoms with Crippen molar-refractivity contribution in [2.24, 2.45) is 10.2 Å². The number of benzene rings is 2. The van der Waals surface area contributed by atoms with Crippen LogP contribution in [0.15, 0.2) is 65.6 Å². The fraction of sp³-hybridized carbons (Fsp3) is 0.167. The zero-order valence-corrected chi connectivity index (χ0v) is 18.6. The molecule has 0 aliphatic carbocycles. The van der Waals surface area contributed by atoms with Gasteiger partial charge in [-0.1, -0.05) is 30.9 Å². The van der Waals surface area contributed by atoms with Gasteiger partial charge < -0.3 is 14.6 Å². The van der Waals surface area contributed by atoms with E-state index >= 15 is 0 Å². The van der Waals surface area contributed by atoms with Crippen LogP contribution in [-0.4, -0.2) is 28.8 Å². The summed E-state index contributed by atoms with van der Waals surface area (Å²) in [6.07, 6.45) is 3.28. The molecule has 0 radical (unpaired) electrons. The fourth-order valence-corrected chi connectivity index (χ4v) is 4.55. The van der Waals surface area contributed by atoms with E-state index in [1.54, 1.807) is 18.2 Å².